The lowest BCUT2D eigenvalue weighted by atomic mass is 10.0. The van der Waals surface area contributed by atoms with Crippen molar-refractivity contribution in [3.05, 3.63) is 18.2 Å². The van der Waals surface area contributed by atoms with E-state index >= 15 is 0 Å². The van der Waals surface area contributed by atoms with Crippen molar-refractivity contribution in [3.63, 3.8) is 0 Å². The van der Waals surface area contributed by atoms with Crippen LogP contribution in [0.25, 0.3) is 0 Å². The van der Waals surface area contributed by atoms with E-state index in [2.05, 4.69) is 4.72 Å². The second kappa shape index (κ2) is 4.11. The van der Waals surface area contributed by atoms with Gasteiger partial charge in [-0.2, -0.15) is 0 Å². The van der Waals surface area contributed by atoms with E-state index in [-0.39, 0.29) is 21.7 Å². The Hall–Kier alpha value is -1.27. The average molecular weight is 282 g/mol. The molecule has 0 saturated heterocycles. The van der Waals surface area contributed by atoms with Gasteiger partial charge in [0.15, 0.2) is 0 Å². The monoisotopic (exact) mass is 282 g/mol. The lowest BCUT2D eigenvalue weighted by molar-refractivity contribution is 0.432. The van der Waals surface area contributed by atoms with Gasteiger partial charge in [-0.3, -0.25) is 0 Å². The van der Waals surface area contributed by atoms with Crippen LogP contribution in [0.4, 0.5) is 5.69 Å². The van der Waals surface area contributed by atoms with Crippen molar-refractivity contribution in [2.75, 3.05) is 12.3 Å². The second-order valence-corrected chi connectivity index (χ2v) is 7.45. The third-order valence-corrected chi connectivity index (χ3v) is 5.66. The van der Waals surface area contributed by atoms with Crippen LogP contribution in [-0.4, -0.2) is 20.1 Å². The molecule has 2 saturated carbocycles. The predicted octanol–water partition coefficient (Wildman–Crippen LogP) is 1.44. The minimum absolute atomic E-state index is 0.0752. The van der Waals surface area contributed by atoms with Gasteiger partial charge in [0, 0.05) is 6.54 Å². The van der Waals surface area contributed by atoms with Crippen molar-refractivity contribution in [3.8, 4) is 5.75 Å². The first-order valence-electron chi connectivity index (χ1n) is 6.51. The smallest absolute Gasteiger partial charge is 0.240 e. The number of nitrogens with one attached hydrogen (secondary N) is 1. The molecule has 1 aromatic carbocycles. The minimum Gasteiger partial charge on any atom is -0.506 e. The molecule has 3 rings (SSSR count). The highest BCUT2D eigenvalue weighted by Crippen LogP contribution is 2.60. The van der Waals surface area contributed by atoms with Crippen LogP contribution in [0, 0.1) is 11.3 Å². The molecule has 1 aromatic rings. The number of nitrogens with two attached hydrogens (primary N) is 1. The third-order valence-electron chi connectivity index (χ3n) is 4.26. The number of phenols is 1. The van der Waals surface area contributed by atoms with Crippen LogP contribution >= 0.6 is 0 Å². The van der Waals surface area contributed by atoms with Gasteiger partial charge in [-0.25, -0.2) is 13.1 Å². The van der Waals surface area contributed by atoms with Crippen molar-refractivity contribution >= 4 is 15.7 Å². The Morgan fingerprint density at radius 3 is 2.58 bits per heavy atom. The molecule has 0 unspecified atom stereocenters. The summed E-state index contributed by atoms with van der Waals surface area (Å²) in [5.41, 5.74) is 5.82. The summed E-state index contributed by atoms with van der Waals surface area (Å²) in [5.74, 6) is 0.607. The number of rotatable bonds is 5. The Bertz CT molecular complexity index is 604. The van der Waals surface area contributed by atoms with Gasteiger partial charge >= 0.3 is 0 Å². The molecule has 5 nitrogen and oxygen atoms in total. The topological polar surface area (TPSA) is 92.4 Å². The van der Waals surface area contributed by atoms with Crippen LogP contribution in [-0.2, 0) is 10.0 Å². The van der Waals surface area contributed by atoms with E-state index in [0.29, 0.717) is 12.5 Å². The first-order chi connectivity index (χ1) is 8.93. The van der Waals surface area contributed by atoms with Gasteiger partial charge in [-0.05, 0) is 55.2 Å². The van der Waals surface area contributed by atoms with Crippen molar-refractivity contribution in [1.82, 2.24) is 4.72 Å². The lowest BCUT2D eigenvalue weighted by Crippen LogP contribution is -2.31. The summed E-state index contributed by atoms with van der Waals surface area (Å²) in [6.45, 7) is 0.515. The highest BCUT2D eigenvalue weighted by molar-refractivity contribution is 7.89. The summed E-state index contributed by atoms with van der Waals surface area (Å²) in [6, 6.07) is 3.96. The Morgan fingerprint density at radius 2 is 2.05 bits per heavy atom. The molecule has 19 heavy (non-hydrogen) atoms. The van der Waals surface area contributed by atoms with Crippen LogP contribution < -0.4 is 10.5 Å². The number of nitrogen functional groups attached to an aromatic ring is 1. The van der Waals surface area contributed by atoms with E-state index < -0.39 is 10.0 Å². The molecule has 0 atom stereocenters. The molecule has 2 fully saturated rings. The van der Waals surface area contributed by atoms with Crippen LogP contribution in [0.5, 0.6) is 5.75 Å². The van der Waals surface area contributed by atoms with E-state index in [1.165, 1.54) is 31.0 Å². The van der Waals surface area contributed by atoms with Crippen molar-refractivity contribution < 1.29 is 13.5 Å². The van der Waals surface area contributed by atoms with E-state index in [9.17, 15) is 13.5 Å². The van der Waals surface area contributed by atoms with E-state index in [1.807, 2.05) is 0 Å². The second-order valence-electron chi connectivity index (χ2n) is 5.68. The van der Waals surface area contributed by atoms with Crippen molar-refractivity contribution in [2.45, 2.75) is 30.6 Å². The molecule has 2 aliphatic carbocycles. The predicted molar refractivity (Wildman–Crippen MR) is 72.1 cm³/mol. The van der Waals surface area contributed by atoms with Crippen LogP contribution in [0.3, 0.4) is 0 Å². The number of hydrogen-bond donors (Lipinski definition) is 3. The van der Waals surface area contributed by atoms with Gasteiger partial charge in [0.25, 0.3) is 0 Å². The standard InChI is InChI=1S/C13H18N2O3S/c14-11-7-10(3-4-12(11)16)19(17,18)15-8-13(5-6-13)9-1-2-9/h3-4,7,9,15-16H,1-2,5-6,8,14H2. The zero-order chi connectivity index (χ0) is 13.7. The third kappa shape index (κ3) is 2.42. The zero-order valence-corrected chi connectivity index (χ0v) is 11.4. The maximum absolute atomic E-state index is 12.2. The fraction of sp³-hybridized carbons (Fsp3) is 0.538. The summed E-state index contributed by atoms with van der Waals surface area (Å²) >= 11 is 0. The largest absolute Gasteiger partial charge is 0.506 e. The van der Waals surface area contributed by atoms with Gasteiger partial charge in [-0.1, -0.05) is 0 Å². The quantitative estimate of drug-likeness (QED) is 0.563. The Morgan fingerprint density at radius 1 is 1.37 bits per heavy atom. The molecular weight excluding hydrogens is 264 g/mol. The molecule has 0 aliphatic heterocycles. The van der Waals surface area contributed by atoms with Gasteiger partial charge in [0.1, 0.15) is 5.75 Å². The zero-order valence-electron chi connectivity index (χ0n) is 10.6. The van der Waals surface area contributed by atoms with Gasteiger partial charge < -0.3 is 10.8 Å². The van der Waals surface area contributed by atoms with Crippen LogP contribution in [0.1, 0.15) is 25.7 Å². The minimum atomic E-state index is -3.54. The first kappa shape index (κ1) is 12.7. The van der Waals surface area contributed by atoms with Gasteiger partial charge in [0.2, 0.25) is 10.0 Å². The molecule has 2 aliphatic rings. The molecule has 104 valence electrons. The first-order valence-corrected chi connectivity index (χ1v) is 7.99. The summed E-state index contributed by atoms with van der Waals surface area (Å²) in [7, 11) is -3.54. The molecule has 4 N–H and O–H groups in total. The highest BCUT2D eigenvalue weighted by Gasteiger charge is 2.53. The number of aromatic hydroxyl groups is 1. The maximum Gasteiger partial charge on any atom is 0.240 e. The Kier molecular flexibility index (Phi) is 2.76. The number of benzene rings is 1. The van der Waals surface area contributed by atoms with E-state index in [0.717, 1.165) is 12.8 Å². The fourth-order valence-electron chi connectivity index (χ4n) is 2.61. The summed E-state index contributed by atoms with van der Waals surface area (Å²) < 4.78 is 27.0. The molecule has 0 aromatic heterocycles. The summed E-state index contributed by atoms with van der Waals surface area (Å²) in [4.78, 5) is 0.106. The van der Waals surface area contributed by atoms with Gasteiger partial charge in [0.05, 0.1) is 10.6 Å². The number of hydrogen-bond acceptors (Lipinski definition) is 4. The molecule has 0 heterocycles. The Balaban J connectivity index is 1.73. The molecule has 6 heteroatoms. The Labute approximate surface area is 112 Å². The molecule has 0 radical (unpaired) electrons. The molecule has 0 spiro atoms. The normalized spacial score (nSPS) is 21.3. The highest BCUT2D eigenvalue weighted by atomic mass is 32.2. The van der Waals surface area contributed by atoms with Crippen molar-refractivity contribution in [2.24, 2.45) is 11.3 Å². The van der Waals surface area contributed by atoms with Crippen molar-refractivity contribution in [1.29, 1.82) is 0 Å². The summed E-state index contributed by atoms with van der Waals surface area (Å²) in [5, 5.41) is 9.32. The van der Waals surface area contributed by atoms with Gasteiger partial charge in [-0.15, -0.1) is 0 Å². The molecule has 0 amide bonds. The van der Waals surface area contributed by atoms with Crippen LogP contribution in [0.15, 0.2) is 23.1 Å². The van der Waals surface area contributed by atoms with E-state index in [1.54, 1.807) is 0 Å². The fourth-order valence-corrected chi connectivity index (χ4v) is 3.78. The maximum atomic E-state index is 12.2. The lowest BCUT2D eigenvalue weighted by Gasteiger charge is -2.15. The molecular formula is C13H18N2O3S. The summed E-state index contributed by atoms with van der Waals surface area (Å²) in [6.07, 6.45) is 4.71. The average Bonchev–Trinajstić information content (AvgIpc) is 3.23. The number of phenolic OH excluding ortho intramolecular Hbond substituents is 1. The molecule has 0 bridgehead atoms. The van der Waals surface area contributed by atoms with Crippen LogP contribution in [0.2, 0.25) is 0 Å². The number of sulfonamides is 1. The SMILES string of the molecule is Nc1cc(S(=O)(=O)NCC2(C3CC3)CC2)ccc1O. The number of anilines is 1. The van der Waals surface area contributed by atoms with E-state index in [4.69, 9.17) is 5.73 Å².